The van der Waals surface area contributed by atoms with Crippen LogP contribution in [0.1, 0.15) is 62.6 Å². The van der Waals surface area contributed by atoms with E-state index in [4.69, 9.17) is 25.6 Å². The Hall–Kier alpha value is -7.15. The van der Waals surface area contributed by atoms with Gasteiger partial charge in [-0.1, -0.05) is 36.5 Å². The quantitative estimate of drug-likeness (QED) is 0.0116. The van der Waals surface area contributed by atoms with Crippen LogP contribution < -0.4 is 70.5 Å². The molecule has 35 heteroatoms. The number of carbonyl (C=O) groups excluding carboxylic acids is 7. The van der Waals surface area contributed by atoms with Crippen molar-refractivity contribution in [3.63, 3.8) is 0 Å². The third kappa shape index (κ3) is 16.7. The molecule has 2 aromatic heterocycles. The zero-order chi connectivity index (χ0) is 66.4. The van der Waals surface area contributed by atoms with Crippen LogP contribution in [0.15, 0.2) is 72.9 Å². The number of carbonyl (C=O) groups is 7. The second kappa shape index (κ2) is 31.4. The predicted molar refractivity (Wildman–Crippen MR) is 320 cm³/mol. The summed E-state index contributed by atoms with van der Waals surface area (Å²) in [6.07, 6.45) is -12.9. The average molecular weight is 1340 g/mol. The van der Waals surface area contributed by atoms with Crippen LogP contribution in [0.2, 0.25) is 0 Å². The first kappa shape index (κ1) is 71.7. The molecule has 5 aromatic rings. The van der Waals surface area contributed by atoms with Crippen molar-refractivity contribution >= 4 is 75.7 Å². The molecular weight excluding hydrogens is 1270 g/mol. The van der Waals surface area contributed by atoms with E-state index in [2.05, 4.69) is 45.7 Å². The van der Waals surface area contributed by atoms with Gasteiger partial charge in [0, 0.05) is 73.9 Å². The summed E-state index contributed by atoms with van der Waals surface area (Å²) in [5, 5.41) is 121. The number of benzene rings is 3. The summed E-state index contributed by atoms with van der Waals surface area (Å²) in [4.78, 5) is 114. The normalized spacial score (nSPS) is 27.4. The number of aromatic hydroxyl groups is 1. The minimum Gasteiger partial charge on any atom is -0.691 e. The predicted octanol–water partition coefficient (Wildman–Crippen LogP) is -6.03. The Balaban J connectivity index is 0.0000111. The number of fused-ring (bicyclic) bond motifs is 3. The summed E-state index contributed by atoms with van der Waals surface area (Å²) in [5.74, 6) is -10.5. The smallest absolute Gasteiger partial charge is 0.691 e. The first-order valence-electron chi connectivity index (χ1n) is 29.1. The number of phenols is 1. The second-order valence-corrected chi connectivity index (χ2v) is 24.5. The third-order valence-electron chi connectivity index (χ3n) is 16.2. The van der Waals surface area contributed by atoms with Gasteiger partial charge in [-0.25, -0.2) is 16.1 Å². The topological polar surface area (TPSA) is 446 Å². The van der Waals surface area contributed by atoms with Crippen molar-refractivity contribution in [2.75, 3.05) is 44.2 Å². The summed E-state index contributed by atoms with van der Waals surface area (Å²) in [5.41, 5.74) is 2.72. The van der Waals surface area contributed by atoms with Crippen LogP contribution in [0.5, 0.6) is 11.5 Å². The number of rotatable bonds is 15. The Morgan fingerprint density at radius 1 is 0.828 bits per heavy atom. The molecule has 4 fully saturated rings. The number of aromatic nitrogens is 3. The number of aliphatic hydroxyl groups is 7. The van der Waals surface area contributed by atoms with Gasteiger partial charge in [0.2, 0.25) is 46.9 Å². The van der Waals surface area contributed by atoms with Gasteiger partial charge < -0.3 is 101 Å². The Bertz CT molecular complexity index is 3510. The maximum Gasteiger partial charge on any atom is 1.00 e. The third-order valence-corrected chi connectivity index (χ3v) is 17.5. The van der Waals surface area contributed by atoms with Gasteiger partial charge in [-0.2, -0.15) is 5.10 Å². The summed E-state index contributed by atoms with van der Waals surface area (Å²) in [6.45, 7) is 13.0. The second-order valence-electron chi connectivity index (χ2n) is 23.1. The molecular formula is C58H69N12NaO20S2. The van der Waals surface area contributed by atoms with Crippen LogP contribution in [0.4, 0.5) is 5.69 Å². The van der Waals surface area contributed by atoms with Gasteiger partial charge >= 0.3 is 29.6 Å². The average Bonchev–Trinajstić information content (AvgIpc) is 1.72. The Morgan fingerprint density at radius 2 is 1.48 bits per heavy atom. The number of imidazole rings is 1. The number of β-amino-alcohol motifs (C(OH)–C–C–N with tert-alkyl or cyclic N) is 1. The molecule has 0 aliphatic carbocycles. The maximum atomic E-state index is 14.7. The number of aliphatic hydroxyl groups excluding tert-OH is 7. The van der Waals surface area contributed by atoms with Crippen molar-refractivity contribution in [2.45, 2.75) is 132 Å². The van der Waals surface area contributed by atoms with Crippen LogP contribution >= 0.6 is 23.7 Å². The number of amides is 7. The van der Waals surface area contributed by atoms with E-state index in [1.54, 1.807) is 22.8 Å². The molecule has 4 aliphatic heterocycles. The Morgan fingerprint density at radius 3 is 2.14 bits per heavy atom. The van der Waals surface area contributed by atoms with E-state index < -0.39 is 177 Å². The van der Waals surface area contributed by atoms with E-state index >= 15 is 0 Å². The van der Waals surface area contributed by atoms with Gasteiger partial charge in [-0.3, -0.25) is 38.6 Å². The monoisotopic (exact) mass is 1340 g/mol. The molecule has 16 atom stereocenters. The molecule has 0 saturated carbocycles. The van der Waals surface area contributed by atoms with Crippen LogP contribution in [0.25, 0.3) is 31.6 Å². The number of nitrogens with zero attached hydrogens (tertiary/aromatic N) is 7. The van der Waals surface area contributed by atoms with Crippen molar-refractivity contribution in [3.05, 3.63) is 95.5 Å². The van der Waals surface area contributed by atoms with E-state index in [0.29, 0.717) is 16.2 Å². The van der Waals surface area contributed by atoms with E-state index in [9.17, 15) is 79.7 Å². The molecule has 7 amide bonds. The van der Waals surface area contributed by atoms with Gasteiger partial charge in [0.1, 0.15) is 53.5 Å². The first-order chi connectivity index (χ1) is 43.8. The molecule has 6 heterocycles. The number of ether oxygens (including phenoxy) is 1. The van der Waals surface area contributed by atoms with Crippen molar-refractivity contribution in [1.82, 2.24) is 51.0 Å². The minimum absolute atomic E-state index is 0. The van der Waals surface area contributed by atoms with Gasteiger partial charge in [0.25, 0.3) is 18.2 Å². The van der Waals surface area contributed by atoms with Crippen LogP contribution in [-0.2, 0) is 42.9 Å². The number of hydrogen-bond donors (Lipinski definition) is 13. The number of phenolic OH excluding ortho intramolecular Hbond substituents is 1. The van der Waals surface area contributed by atoms with Crippen molar-refractivity contribution in [3.8, 4) is 33.3 Å². The summed E-state index contributed by atoms with van der Waals surface area (Å²) >= 11 is 1.30. The SMILES string of the molecule is [C-]#[N+]C[C@@H](O)[C@@H]1NC(=O)[C@H]([C@H](O)[C@@H](O)c2ccc(O)c(OSOO[O-])c2)NC(=O)[C@@H]2C[C@H](O)CN2C(=O)[C@H]([C@H](C)O)NC(=O)[C@@H](NC(=O)c2ccc(-c3cn4nc(-c5ccc(N6C[C@@H](C)O[C@@H](C)C6)cc5)sc4n3)cc2)C[C@H](O)CNC(=O)[C@@H]2[C@@H](O)[C@H](C)CN2C1=O.[Na+]. The summed E-state index contributed by atoms with van der Waals surface area (Å²) in [6, 6.07) is 5.02. The van der Waals surface area contributed by atoms with Crippen molar-refractivity contribution < 1.29 is 128 Å². The molecule has 93 heavy (non-hydrogen) atoms. The molecule has 494 valence electrons. The maximum absolute atomic E-state index is 14.7. The number of nitrogens with one attached hydrogen (secondary N) is 5. The fourth-order valence-electron chi connectivity index (χ4n) is 11.5. The van der Waals surface area contributed by atoms with E-state index in [0.717, 1.165) is 64.3 Å². The van der Waals surface area contributed by atoms with Gasteiger partial charge in [0.05, 0.1) is 48.5 Å². The standard InChI is InChI=1S/C58H70N12O20S2.Na/c1-26-21-69-46(47(26)76)54(83)60-19-35(72)17-37(61-50(79)31-8-6-30(7-9-31)38-25-70-58(62-38)91-55(66-70)32-10-13-34(14-11-32)67-22-27(2)87-28(3)23-67)51(80)63-43(29(4)71)56(84)68-24-36(73)18-39(68)52(81)65-45(53(82)64-44(57(69)85)41(75)20-59-5)49(78)48(77)33-12-15-40(74)42(16-33)88-92-90-89-86;/h6-16,25-29,35-37,39,41,43-49,71-78,86H,17-24H2,1-4H3,(H,60,83)(H,61,79)(H,63,80)(H,64,82)(H,65,81);/q;+1/p-1/t26-,27-,28+,29+,35+,36+,37+,39+,41-,43+,44+,45+,46+,47+,48+,49+;/m1./s1. The Kier molecular flexibility index (Phi) is 24.2. The van der Waals surface area contributed by atoms with Gasteiger partial charge in [-0.05, 0) is 74.9 Å². The molecule has 4 aliphatic rings. The minimum atomic E-state index is -2.50. The molecule has 0 unspecified atom stereocenters. The van der Waals surface area contributed by atoms with Crippen molar-refractivity contribution in [2.24, 2.45) is 5.92 Å². The molecule has 13 N–H and O–H groups in total. The largest absolute Gasteiger partial charge is 1.00 e. The molecule has 0 bridgehead atoms. The van der Waals surface area contributed by atoms with E-state index in [-0.39, 0.29) is 65.2 Å². The fourth-order valence-corrected chi connectivity index (χ4v) is 12.6. The van der Waals surface area contributed by atoms with Crippen LogP contribution in [-0.4, -0.2) is 231 Å². The van der Waals surface area contributed by atoms with Gasteiger partial charge in [-0.15, -0.1) is 4.33 Å². The van der Waals surface area contributed by atoms with Crippen LogP contribution in [0.3, 0.4) is 0 Å². The van der Waals surface area contributed by atoms with E-state index in [1.165, 1.54) is 30.4 Å². The number of anilines is 1. The molecule has 32 nitrogen and oxygen atoms in total. The van der Waals surface area contributed by atoms with E-state index in [1.807, 2.05) is 38.1 Å². The molecule has 4 saturated heterocycles. The molecule has 9 rings (SSSR count). The van der Waals surface area contributed by atoms with Crippen molar-refractivity contribution in [1.29, 1.82) is 0 Å². The molecule has 0 spiro atoms. The fraction of sp³-hybridized carbons (Fsp3) is 0.483. The zero-order valence-electron chi connectivity index (χ0n) is 50.7. The number of morpholine rings is 1. The first-order valence-corrected chi connectivity index (χ1v) is 30.6. The molecule has 3 aromatic carbocycles. The Labute approximate surface area is 561 Å². The number of hydrogen-bond acceptors (Lipinski definition) is 25. The van der Waals surface area contributed by atoms with Crippen LogP contribution in [0, 0.1) is 12.5 Å². The molecule has 0 radical (unpaired) electrons. The zero-order valence-corrected chi connectivity index (χ0v) is 54.4. The van der Waals surface area contributed by atoms with Gasteiger partial charge in [0.15, 0.2) is 17.6 Å². The summed E-state index contributed by atoms with van der Waals surface area (Å²) in [7, 11) is 0. The summed E-state index contributed by atoms with van der Waals surface area (Å²) < 4.78 is 16.6.